The minimum Gasteiger partial charge on any atom is -0.463 e. The van der Waals surface area contributed by atoms with E-state index in [0.717, 1.165) is 7.11 Å². The van der Waals surface area contributed by atoms with Gasteiger partial charge in [0.25, 0.3) is 5.78 Å². The molecule has 0 unspecified atom stereocenters. The molecule has 0 spiro atoms. The third kappa shape index (κ3) is 4.53. The highest BCUT2D eigenvalue weighted by Crippen LogP contribution is 2.35. The van der Waals surface area contributed by atoms with Crippen molar-refractivity contribution in [3.63, 3.8) is 0 Å². The van der Waals surface area contributed by atoms with Gasteiger partial charge in [-0.15, -0.1) is 0 Å². The number of hydrogen-bond acceptors (Lipinski definition) is 5. The van der Waals surface area contributed by atoms with Crippen LogP contribution in [0.3, 0.4) is 0 Å². The fourth-order valence-electron chi connectivity index (χ4n) is 3.61. The van der Waals surface area contributed by atoms with Crippen molar-refractivity contribution >= 4 is 55.7 Å². The Bertz CT molecular complexity index is 1510. The summed E-state index contributed by atoms with van der Waals surface area (Å²) >= 11 is 12.2. The van der Waals surface area contributed by atoms with Crippen LogP contribution in [0.1, 0.15) is 15.9 Å². The van der Waals surface area contributed by atoms with E-state index in [0.29, 0.717) is 32.7 Å². The molecule has 3 aromatic carbocycles. The number of esters is 1. The molecule has 0 aliphatic rings. The van der Waals surface area contributed by atoms with Crippen LogP contribution in [-0.2, 0) is 25.1 Å². The van der Waals surface area contributed by atoms with E-state index in [2.05, 4.69) is 9.72 Å². The van der Waals surface area contributed by atoms with E-state index < -0.39 is 21.6 Å². The number of hydrogen-bond donors (Lipinski definition) is 1. The highest BCUT2D eigenvalue weighted by atomic mass is 35.5. The number of H-pyrrole nitrogens is 1. The Hall–Kier alpha value is -3.13. The SMILES string of the molecule is COC(=O)C(=O)c1c(-c2ccc(Cl)c(S(=O)(=O)Cc3cccc(Cl)c3)c2)[nH]c2ccccc12. The second-order valence-electron chi connectivity index (χ2n) is 7.28. The second-order valence-corrected chi connectivity index (χ2v) is 10.1. The Labute approximate surface area is 200 Å². The summed E-state index contributed by atoms with van der Waals surface area (Å²) in [5.41, 5.74) is 1.89. The van der Waals surface area contributed by atoms with Gasteiger partial charge < -0.3 is 9.72 Å². The van der Waals surface area contributed by atoms with Crippen LogP contribution in [0.2, 0.25) is 10.0 Å². The standard InChI is InChI=1S/C24H17Cl2NO5S/c1-32-24(29)23(28)21-17-7-2-3-8-19(17)27-22(21)15-9-10-18(26)20(12-15)33(30,31)13-14-5-4-6-16(25)11-14/h2-12,27H,13H2,1H3. The third-order valence-electron chi connectivity index (χ3n) is 5.10. The molecule has 0 aliphatic carbocycles. The van der Waals surface area contributed by atoms with Crippen LogP contribution in [0.5, 0.6) is 0 Å². The molecule has 0 atom stereocenters. The van der Waals surface area contributed by atoms with Gasteiger partial charge in [0.1, 0.15) is 0 Å². The van der Waals surface area contributed by atoms with Gasteiger partial charge in [-0.2, -0.15) is 0 Å². The molecular weight excluding hydrogens is 485 g/mol. The lowest BCUT2D eigenvalue weighted by atomic mass is 10.0. The number of fused-ring (bicyclic) bond motifs is 1. The summed E-state index contributed by atoms with van der Waals surface area (Å²) in [6, 6.07) is 17.9. The van der Waals surface area contributed by atoms with E-state index in [9.17, 15) is 18.0 Å². The summed E-state index contributed by atoms with van der Waals surface area (Å²) in [5.74, 6) is -2.18. The number of aromatic nitrogens is 1. The summed E-state index contributed by atoms with van der Waals surface area (Å²) in [6.45, 7) is 0. The number of carbonyl (C=O) groups excluding carboxylic acids is 2. The number of nitrogens with one attached hydrogen (secondary N) is 1. The normalized spacial score (nSPS) is 11.5. The van der Waals surface area contributed by atoms with Crippen molar-refractivity contribution < 1.29 is 22.7 Å². The van der Waals surface area contributed by atoms with E-state index in [1.807, 2.05) is 0 Å². The van der Waals surface area contributed by atoms with Gasteiger partial charge in [0.2, 0.25) is 0 Å². The summed E-state index contributed by atoms with van der Waals surface area (Å²) in [5, 5.41) is 0.977. The lowest BCUT2D eigenvalue weighted by Gasteiger charge is -2.10. The van der Waals surface area contributed by atoms with Crippen molar-refractivity contribution in [3.05, 3.63) is 87.9 Å². The number of benzene rings is 3. The topological polar surface area (TPSA) is 93.3 Å². The predicted octanol–water partition coefficient (Wildman–Crippen LogP) is 5.47. The van der Waals surface area contributed by atoms with Gasteiger partial charge in [-0.1, -0.05) is 59.6 Å². The monoisotopic (exact) mass is 501 g/mol. The van der Waals surface area contributed by atoms with Crippen molar-refractivity contribution in [2.75, 3.05) is 7.11 Å². The molecule has 0 saturated carbocycles. The van der Waals surface area contributed by atoms with Crippen LogP contribution < -0.4 is 0 Å². The van der Waals surface area contributed by atoms with E-state index in [-0.39, 0.29) is 21.2 Å². The minimum absolute atomic E-state index is 0.0396. The van der Waals surface area contributed by atoms with Crippen molar-refractivity contribution in [1.82, 2.24) is 4.98 Å². The number of sulfone groups is 1. The Morgan fingerprint density at radius 3 is 2.45 bits per heavy atom. The zero-order valence-electron chi connectivity index (χ0n) is 17.3. The summed E-state index contributed by atoms with van der Waals surface area (Å²) in [7, 11) is -2.73. The van der Waals surface area contributed by atoms with Crippen LogP contribution in [0.25, 0.3) is 22.2 Å². The quantitative estimate of drug-likeness (QED) is 0.214. The highest BCUT2D eigenvalue weighted by molar-refractivity contribution is 7.90. The first-order chi connectivity index (χ1) is 15.7. The molecule has 0 radical (unpaired) electrons. The number of Topliss-reactive ketones (excluding diaryl/α,β-unsaturated/α-hetero) is 1. The van der Waals surface area contributed by atoms with E-state index >= 15 is 0 Å². The van der Waals surface area contributed by atoms with Gasteiger partial charge in [-0.3, -0.25) is 4.79 Å². The van der Waals surface area contributed by atoms with Crippen molar-refractivity contribution in [2.45, 2.75) is 10.6 Å². The highest BCUT2D eigenvalue weighted by Gasteiger charge is 2.27. The molecule has 168 valence electrons. The summed E-state index contributed by atoms with van der Waals surface area (Å²) in [6.07, 6.45) is 0. The van der Waals surface area contributed by atoms with E-state index in [1.54, 1.807) is 54.6 Å². The predicted molar refractivity (Wildman–Crippen MR) is 127 cm³/mol. The largest absolute Gasteiger partial charge is 0.463 e. The fraction of sp³-hybridized carbons (Fsp3) is 0.0833. The fourth-order valence-corrected chi connectivity index (χ4v) is 5.74. The first-order valence-electron chi connectivity index (χ1n) is 9.72. The van der Waals surface area contributed by atoms with Crippen LogP contribution in [-0.4, -0.2) is 32.3 Å². The minimum atomic E-state index is -3.86. The number of halogens is 2. The van der Waals surface area contributed by atoms with Gasteiger partial charge in [0, 0.05) is 21.5 Å². The number of carbonyl (C=O) groups is 2. The van der Waals surface area contributed by atoms with Gasteiger partial charge in [0.15, 0.2) is 9.84 Å². The lowest BCUT2D eigenvalue weighted by Crippen LogP contribution is -2.16. The molecule has 0 aliphatic heterocycles. The molecule has 33 heavy (non-hydrogen) atoms. The molecule has 1 heterocycles. The number of ether oxygens (including phenoxy) is 1. The molecule has 6 nitrogen and oxygen atoms in total. The molecule has 0 bridgehead atoms. The molecule has 0 amide bonds. The van der Waals surface area contributed by atoms with Crippen molar-refractivity contribution in [1.29, 1.82) is 0 Å². The van der Waals surface area contributed by atoms with Crippen LogP contribution in [0, 0.1) is 0 Å². The number of aromatic amines is 1. The molecular formula is C24H17Cl2NO5S. The average Bonchev–Trinajstić information content (AvgIpc) is 3.17. The van der Waals surface area contributed by atoms with Gasteiger partial charge in [0.05, 0.1) is 34.0 Å². The summed E-state index contributed by atoms with van der Waals surface area (Å²) < 4.78 is 31.0. The summed E-state index contributed by atoms with van der Waals surface area (Å²) in [4.78, 5) is 27.9. The molecule has 0 saturated heterocycles. The molecule has 1 aromatic heterocycles. The maximum absolute atomic E-state index is 13.2. The van der Waals surface area contributed by atoms with Crippen LogP contribution >= 0.6 is 23.2 Å². The Balaban J connectivity index is 1.86. The van der Waals surface area contributed by atoms with Crippen LogP contribution in [0.4, 0.5) is 0 Å². The van der Waals surface area contributed by atoms with Crippen molar-refractivity contribution in [3.8, 4) is 11.3 Å². The Morgan fingerprint density at radius 2 is 1.73 bits per heavy atom. The maximum atomic E-state index is 13.2. The smallest absolute Gasteiger partial charge is 0.379 e. The van der Waals surface area contributed by atoms with E-state index in [4.69, 9.17) is 23.2 Å². The number of methoxy groups -OCH3 is 1. The maximum Gasteiger partial charge on any atom is 0.379 e. The molecule has 1 N–H and O–H groups in total. The molecule has 0 fully saturated rings. The number of ketones is 1. The van der Waals surface area contributed by atoms with Gasteiger partial charge in [-0.25, -0.2) is 13.2 Å². The molecule has 4 rings (SSSR count). The van der Waals surface area contributed by atoms with Crippen molar-refractivity contribution in [2.24, 2.45) is 0 Å². The number of rotatable bonds is 6. The molecule has 4 aromatic rings. The van der Waals surface area contributed by atoms with Gasteiger partial charge in [-0.05, 0) is 35.9 Å². The lowest BCUT2D eigenvalue weighted by molar-refractivity contribution is -0.135. The zero-order valence-corrected chi connectivity index (χ0v) is 19.6. The van der Waals surface area contributed by atoms with E-state index in [1.165, 1.54) is 12.1 Å². The third-order valence-corrected chi connectivity index (χ3v) is 7.50. The Morgan fingerprint density at radius 1 is 0.970 bits per heavy atom. The average molecular weight is 502 g/mol. The van der Waals surface area contributed by atoms with Gasteiger partial charge >= 0.3 is 5.97 Å². The first kappa shape index (κ1) is 23.0. The second kappa shape index (κ2) is 9.02. The zero-order chi connectivity index (χ0) is 23.8. The molecule has 9 heteroatoms. The van der Waals surface area contributed by atoms with Crippen LogP contribution in [0.15, 0.2) is 71.6 Å². The number of para-hydroxylation sites is 1. The first-order valence-corrected chi connectivity index (χ1v) is 12.1. The Kier molecular flexibility index (Phi) is 6.30.